The van der Waals surface area contributed by atoms with E-state index in [2.05, 4.69) is 30.3 Å². The standard InChI is InChI=1S/C16H16O2/c1-2-12(16(17)18)14-9-11-7-3-5-10-6-4-8-13(14)15(10)11/h3-8,12,14H,2,9H2,1H3,(H,17,18). The third kappa shape index (κ3) is 1.52. The fraction of sp³-hybridized carbons (Fsp3) is 0.312. The van der Waals surface area contributed by atoms with Crippen molar-refractivity contribution in [3.63, 3.8) is 0 Å². The summed E-state index contributed by atoms with van der Waals surface area (Å²) in [6.07, 6.45) is 1.55. The van der Waals surface area contributed by atoms with Crippen LogP contribution in [0.1, 0.15) is 30.4 Å². The molecule has 1 N–H and O–H groups in total. The maximum atomic E-state index is 11.4. The van der Waals surface area contributed by atoms with E-state index in [1.165, 1.54) is 21.9 Å². The maximum absolute atomic E-state index is 11.4. The van der Waals surface area contributed by atoms with Gasteiger partial charge in [0, 0.05) is 5.92 Å². The predicted octanol–water partition coefficient (Wildman–Crippen LogP) is 3.59. The topological polar surface area (TPSA) is 37.3 Å². The summed E-state index contributed by atoms with van der Waals surface area (Å²) in [4.78, 5) is 11.4. The van der Waals surface area contributed by atoms with Crippen LogP contribution in [0, 0.1) is 5.92 Å². The fourth-order valence-corrected chi connectivity index (χ4v) is 3.27. The number of aliphatic carboxylic acids is 1. The van der Waals surface area contributed by atoms with Crippen molar-refractivity contribution >= 4 is 16.7 Å². The Morgan fingerprint density at radius 2 is 2.06 bits per heavy atom. The largest absolute Gasteiger partial charge is 0.481 e. The van der Waals surface area contributed by atoms with Crippen LogP contribution in [0.25, 0.3) is 10.8 Å². The van der Waals surface area contributed by atoms with E-state index in [1.54, 1.807) is 0 Å². The second kappa shape index (κ2) is 4.13. The van der Waals surface area contributed by atoms with E-state index >= 15 is 0 Å². The normalized spacial score (nSPS) is 19.1. The highest BCUT2D eigenvalue weighted by atomic mass is 16.4. The van der Waals surface area contributed by atoms with Crippen LogP contribution in [-0.4, -0.2) is 11.1 Å². The van der Waals surface area contributed by atoms with E-state index in [-0.39, 0.29) is 11.8 Å². The number of benzene rings is 2. The van der Waals surface area contributed by atoms with Gasteiger partial charge in [0.2, 0.25) is 0 Å². The molecule has 2 aromatic carbocycles. The number of carboxylic acids is 1. The Hall–Kier alpha value is -1.83. The van der Waals surface area contributed by atoms with Gasteiger partial charge in [0.05, 0.1) is 5.92 Å². The van der Waals surface area contributed by atoms with Gasteiger partial charge in [-0.2, -0.15) is 0 Å². The molecule has 0 bridgehead atoms. The van der Waals surface area contributed by atoms with Gasteiger partial charge in [-0.25, -0.2) is 0 Å². The molecule has 1 aliphatic rings. The molecule has 0 saturated heterocycles. The zero-order valence-electron chi connectivity index (χ0n) is 10.4. The highest BCUT2D eigenvalue weighted by molar-refractivity contribution is 5.92. The van der Waals surface area contributed by atoms with E-state index in [1.807, 2.05) is 13.0 Å². The Morgan fingerprint density at radius 1 is 1.33 bits per heavy atom. The van der Waals surface area contributed by atoms with Crippen molar-refractivity contribution in [1.29, 1.82) is 0 Å². The molecule has 1 aliphatic carbocycles. The van der Waals surface area contributed by atoms with Gasteiger partial charge in [-0.15, -0.1) is 0 Å². The minimum absolute atomic E-state index is 0.133. The average molecular weight is 240 g/mol. The number of hydrogen-bond donors (Lipinski definition) is 1. The first-order chi connectivity index (χ1) is 8.72. The molecule has 0 fully saturated rings. The first kappa shape index (κ1) is 11.3. The molecule has 2 unspecified atom stereocenters. The Kier molecular flexibility index (Phi) is 2.58. The molecule has 3 rings (SSSR count). The van der Waals surface area contributed by atoms with Crippen LogP contribution in [0.3, 0.4) is 0 Å². The lowest BCUT2D eigenvalue weighted by atomic mass is 9.85. The zero-order valence-corrected chi connectivity index (χ0v) is 10.4. The summed E-state index contributed by atoms with van der Waals surface area (Å²) >= 11 is 0. The minimum Gasteiger partial charge on any atom is -0.481 e. The summed E-state index contributed by atoms with van der Waals surface area (Å²) in [5.41, 5.74) is 2.52. The zero-order chi connectivity index (χ0) is 12.7. The van der Waals surface area contributed by atoms with Gasteiger partial charge in [-0.3, -0.25) is 4.79 Å². The SMILES string of the molecule is CCC(C(=O)O)C1Cc2cccc3cccc1c23. The number of rotatable bonds is 3. The van der Waals surface area contributed by atoms with Gasteiger partial charge in [0.1, 0.15) is 0 Å². The van der Waals surface area contributed by atoms with Crippen LogP contribution < -0.4 is 0 Å². The lowest BCUT2D eigenvalue weighted by Gasteiger charge is -2.19. The van der Waals surface area contributed by atoms with Gasteiger partial charge in [-0.1, -0.05) is 43.3 Å². The fourth-order valence-electron chi connectivity index (χ4n) is 3.27. The van der Waals surface area contributed by atoms with Crippen molar-refractivity contribution in [3.05, 3.63) is 47.5 Å². The molecule has 0 aromatic heterocycles. The summed E-state index contributed by atoms with van der Waals surface area (Å²) in [5.74, 6) is -0.816. The molecular formula is C16H16O2. The highest BCUT2D eigenvalue weighted by Gasteiger charge is 2.33. The van der Waals surface area contributed by atoms with Crippen molar-refractivity contribution in [2.45, 2.75) is 25.7 Å². The molecule has 0 spiro atoms. The lowest BCUT2D eigenvalue weighted by Crippen LogP contribution is -2.21. The first-order valence-corrected chi connectivity index (χ1v) is 6.45. The van der Waals surface area contributed by atoms with Crippen LogP contribution in [0.2, 0.25) is 0 Å². The summed E-state index contributed by atoms with van der Waals surface area (Å²) in [7, 11) is 0. The summed E-state index contributed by atoms with van der Waals surface area (Å²) < 4.78 is 0. The Morgan fingerprint density at radius 3 is 2.72 bits per heavy atom. The second-order valence-electron chi connectivity index (χ2n) is 5.03. The average Bonchev–Trinajstić information content (AvgIpc) is 2.72. The molecule has 0 radical (unpaired) electrons. The molecule has 0 heterocycles. The van der Waals surface area contributed by atoms with E-state index < -0.39 is 5.97 Å². The third-order valence-corrected chi connectivity index (χ3v) is 4.11. The molecule has 2 nitrogen and oxygen atoms in total. The number of carboxylic acid groups (broad SMARTS) is 1. The van der Waals surface area contributed by atoms with E-state index in [4.69, 9.17) is 0 Å². The van der Waals surface area contributed by atoms with E-state index in [0.29, 0.717) is 6.42 Å². The van der Waals surface area contributed by atoms with Crippen LogP contribution in [0.4, 0.5) is 0 Å². The molecular weight excluding hydrogens is 224 g/mol. The molecule has 92 valence electrons. The quantitative estimate of drug-likeness (QED) is 0.890. The predicted molar refractivity (Wildman–Crippen MR) is 71.8 cm³/mol. The van der Waals surface area contributed by atoms with Gasteiger partial charge >= 0.3 is 5.97 Å². The molecule has 2 aromatic rings. The molecule has 2 heteroatoms. The molecule has 0 saturated carbocycles. The summed E-state index contributed by atoms with van der Waals surface area (Å²) in [5, 5.41) is 11.9. The van der Waals surface area contributed by atoms with Crippen molar-refractivity contribution in [1.82, 2.24) is 0 Å². The molecule has 2 atom stereocenters. The van der Waals surface area contributed by atoms with E-state index in [0.717, 1.165) is 6.42 Å². The van der Waals surface area contributed by atoms with Crippen molar-refractivity contribution in [2.75, 3.05) is 0 Å². The van der Waals surface area contributed by atoms with Crippen LogP contribution in [0.15, 0.2) is 36.4 Å². The van der Waals surface area contributed by atoms with Gasteiger partial charge < -0.3 is 5.11 Å². The molecule has 0 amide bonds. The first-order valence-electron chi connectivity index (χ1n) is 6.45. The minimum atomic E-state index is -0.674. The van der Waals surface area contributed by atoms with Gasteiger partial charge in [0.15, 0.2) is 0 Å². The summed E-state index contributed by atoms with van der Waals surface area (Å²) in [6.45, 7) is 1.96. The maximum Gasteiger partial charge on any atom is 0.307 e. The van der Waals surface area contributed by atoms with Crippen LogP contribution in [-0.2, 0) is 11.2 Å². The second-order valence-corrected chi connectivity index (χ2v) is 5.03. The summed E-state index contributed by atoms with van der Waals surface area (Å²) in [6, 6.07) is 12.5. The lowest BCUT2D eigenvalue weighted by molar-refractivity contribution is -0.142. The number of hydrogen-bond acceptors (Lipinski definition) is 1. The number of carbonyl (C=O) groups is 1. The Bertz CT molecular complexity index is 610. The smallest absolute Gasteiger partial charge is 0.307 e. The Labute approximate surface area is 106 Å². The van der Waals surface area contributed by atoms with Crippen molar-refractivity contribution in [2.24, 2.45) is 5.92 Å². The van der Waals surface area contributed by atoms with Gasteiger partial charge in [-0.05, 0) is 34.7 Å². The highest BCUT2D eigenvalue weighted by Crippen LogP contribution is 2.42. The van der Waals surface area contributed by atoms with E-state index in [9.17, 15) is 9.90 Å². The van der Waals surface area contributed by atoms with Crippen LogP contribution >= 0.6 is 0 Å². The molecule has 0 aliphatic heterocycles. The van der Waals surface area contributed by atoms with Crippen molar-refractivity contribution < 1.29 is 9.90 Å². The monoisotopic (exact) mass is 240 g/mol. The molecule has 18 heavy (non-hydrogen) atoms. The Balaban J connectivity index is 2.16. The van der Waals surface area contributed by atoms with Crippen molar-refractivity contribution in [3.8, 4) is 0 Å². The van der Waals surface area contributed by atoms with Crippen LogP contribution in [0.5, 0.6) is 0 Å². The van der Waals surface area contributed by atoms with Gasteiger partial charge in [0.25, 0.3) is 0 Å². The third-order valence-electron chi connectivity index (χ3n) is 4.11.